The molecule has 1 heterocycles. The fourth-order valence-electron chi connectivity index (χ4n) is 2.85. The van der Waals surface area contributed by atoms with Crippen LogP contribution >= 0.6 is 23.4 Å². The first-order valence-corrected chi connectivity index (χ1v) is 10.6. The zero-order valence-electron chi connectivity index (χ0n) is 17.0. The van der Waals surface area contributed by atoms with E-state index in [1.54, 1.807) is 37.3 Å². The molecule has 2 amide bonds. The largest absolute Gasteiger partial charge is 0.490 e. The number of rotatable bonds is 8. The van der Waals surface area contributed by atoms with Crippen LogP contribution in [0.15, 0.2) is 41.3 Å². The summed E-state index contributed by atoms with van der Waals surface area (Å²) in [6.07, 6.45) is 6.76. The van der Waals surface area contributed by atoms with Crippen LogP contribution in [-0.2, 0) is 11.4 Å². The van der Waals surface area contributed by atoms with Crippen molar-refractivity contribution in [3.8, 4) is 23.8 Å². The van der Waals surface area contributed by atoms with Crippen LogP contribution in [0, 0.1) is 12.3 Å². The Morgan fingerprint density at radius 3 is 2.59 bits per heavy atom. The van der Waals surface area contributed by atoms with Crippen LogP contribution < -0.4 is 9.47 Å². The van der Waals surface area contributed by atoms with Crippen molar-refractivity contribution in [2.45, 2.75) is 13.5 Å². The van der Waals surface area contributed by atoms with Gasteiger partial charge in [-0.1, -0.05) is 29.7 Å². The van der Waals surface area contributed by atoms with Crippen molar-refractivity contribution >= 4 is 46.6 Å². The molecule has 1 aliphatic rings. The average Bonchev–Trinajstić information content (AvgIpc) is 3.01. The van der Waals surface area contributed by atoms with Gasteiger partial charge in [-0.2, -0.15) is 0 Å². The maximum absolute atomic E-state index is 12.4. The van der Waals surface area contributed by atoms with Gasteiger partial charge in [0, 0.05) is 0 Å². The van der Waals surface area contributed by atoms with Gasteiger partial charge < -0.3 is 14.6 Å². The van der Waals surface area contributed by atoms with E-state index in [1.165, 1.54) is 12.1 Å². The summed E-state index contributed by atoms with van der Waals surface area (Å²) in [7, 11) is 0. The lowest BCUT2D eigenvalue weighted by atomic mass is 10.1. The van der Waals surface area contributed by atoms with Crippen molar-refractivity contribution in [2.75, 3.05) is 13.2 Å². The molecule has 7 nitrogen and oxygen atoms in total. The summed E-state index contributed by atoms with van der Waals surface area (Å²) in [5.74, 6) is 1.51. The van der Waals surface area contributed by atoms with E-state index in [0.717, 1.165) is 22.2 Å². The van der Waals surface area contributed by atoms with Gasteiger partial charge in [0.2, 0.25) is 0 Å². The molecule has 0 radical (unpaired) electrons. The second kappa shape index (κ2) is 10.3. The SMILES string of the molecule is C#CCN1C(=O)S/C(=C\c2cc(Cl)c(OCc3ccc(C(=O)O)cc3)c(OCC)c2)C1=O. The maximum atomic E-state index is 12.4. The highest BCUT2D eigenvalue weighted by atomic mass is 35.5. The summed E-state index contributed by atoms with van der Waals surface area (Å²) in [5, 5.41) is 8.82. The fourth-order valence-corrected chi connectivity index (χ4v) is 3.96. The number of aromatic carboxylic acids is 1. The van der Waals surface area contributed by atoms with E-state index in [2.05, 4.69) is 5.92 Å². The molecule has 0 aromatic heterocycles. The molecular formula is C23H18ClNO6S. The lowest BCUT2D eigenvalue weighted by Crippen LogP contribution is -2.28. The summed E-state index contributed by atoms with van der Waals surface area (Å²) in [5.41, 5.74) is 1.49. The molecule has 0 saturated carbocycles. The molecule has 164 valence electrons. The summed E-state index contributed by atoms with van der Waals surface area (Å²) in [6, 6.07) is 9.54. The highest BCUT2D eigenvalue weighted by molar-refractivity contribution is 8.18. The van der Waals surface area contributed by atoms with Gasteiger partial charge in [-0.25, -0.2) is 4.79 Å². The van der Waals surface area contributed by atoms with E-state index in [4.69, 9.17) is 32.6 Å². The molecule has 1 fully saturated rings. The molecule has 9 heteroatoms. The summed E-state index contributed by atoms with van der Waals surface area (Å²) in [6.45, 7) is 2.21. The number of carboxylic acid groups (broad SMARTS) is 1. The van der Waals surface area contributed by atoms with Crippen molar-refractivity contribution in [2.24, 2.45) is 0 Å². The first kappa shape index (κ1) is 23.3. The molecule has 0 aliphatic carbocycles. The minimum absolute atomic E-state index is 0.0901. The second-order valence-electron chi connectivity index (χ2n) is 6.53. The van der Waals surface area contributed by atoms with Crippen LogP contribution in [0.3, 0.4) is 0 Å². The highest BCUT2D eigenvalue weighted by Crippen LogP contribution is 2.39. The van der Waals surface area contributed by atoms with Crippen LogP contribution in [0.25, 0.3) is 6.08 Å². The van der Waals surface area contributed by atoms with Gasteiger partial charge in [0.15, 0.2) is 11.5 Å². The van der Waals surface area contributed by atoms with E-state index >= 15 is 0 Å². The Bertz CT molecular complexity index is 1140. The third kappa shape index (κ3) is 5.25. The molecule has 0 atom stereocenters. The first-order valence-electron chi connectivity index (χ1n) is 9.44. The predicted molar refractivity (Wildman–Crippen MR) is 122 cm³/mol. The summed E-state index contributed by atoms with van der Waals surface area (Å²) in [4.78, 5) is 36.6. The monoisotopic (exact) mass is 471 g/mol. The molecule has 0 bridgehead atoms. The van der Waals surface area contributed by atoms with Gasteiger partial charge in [0.25, 0.3) is 11.1 Å². The van der Waals surface area contributed by atoms with Crippen molar-refractivity contribution in [1.82, 2.24) is 4.90 Å². The number of thioether (sulfide) groups is 1. The van der Waals surface area contributed by atoms with Gasteiger partial charge >= 0.3 is 5.97 Å². The molecule has 3 rings (SSSR count). The second-order valence-corrected chi connectivity index (χ2v) is 7.93. The zero-order chi connectivity index (χ0) is 23.3. The van der Waals surface area contributed by atoms with Crippen LogP contribution in [0.4, 0.5) is 4.79 Å². The van der Waals surface area contributed by atoms with Gasteiger partial charge in [-0.3, -0.25) is 14.5 Å². The number of imide groups is 1. The molecule has 0 spiro atoms. The van der Waals surface area contributed by atoms with Gasteiger partial charge in [0.05, 0.1) is 28.6 Å². The Morgan fingerprint density at radius 2 is 1.97 bits per heavy atom. The topological polar surface area (TPSA) is 93.1 Å². The Balaban J connectivity index is 1.83. The number of ether oxygens (including phenoxy) is 2. The highest BCUT2D eigenvalue weighted by Gasteiger charge is 2.34. The van der Waals surface area contributed by atoms with Crippen LogP contribution in [0.2, 0.25) is 5.02 Å². The number of carbonyl (C=O) groups excluding carboxylic acids is 2. The van der Waals surface area contributed by atoms with E-state index in [-0.39, 0.29) is 28.6 Å². The van der Waals surface area contributed by atoms with E-state index in [1.807, 2.05) is 0 Å². The zero-order valence-corrected chi connectivity index (χ0v) is 18.5. The predicted octanol–water partition coefficient (Wildman–Crippen LogP) is 4.69. The van der Waals surface area contributed by atoms with Crippen molar-refractivity contribution in [3.05, 3.63) is 63.0 Å². The van der Waals surface area contributed by atoms with Crippen molar-refractivity contribution < 1.29 is 29.0 Å². The Hall–Kier alpha value is -3.41. The molecule has 1 aliphatic heterocycles. The van der Waals surface area contributed by atoms with Crippen molar-refractivity contribution in [3.63, 3.8) is 0 Å². The number of terminal acetylenes is 1. The Morgan fingerprint density at radius 1 is 1.25 bits per heavy atom. The van der Waals surface area contributed by atoms with Crippen LogP contribution in [0.5, 0.6) is 11.5 Å². The van der Waals surface area contributed by atoms with E-state index in [9.17, 15) is 14.4 Å². The quantitative estimate of drug-likeness (QED) is 0.441. The number of nitrogens with zero attached hydrogens (tertiary/aromatic N) is 1. The Labute approximate surface area is 193 Å². The number of hydrogen-bond acceptors (Lipinski definition) is 6. The molecule has 2 aromatic rings. The third-order valence-corrected chi connectivity index (χ3v) is 5.52. The molecule has 1 saturated heterocycles. The molecule has 1 N–H and O–H groups in total. The molecule has 0 unspecified atom stereocenters. The number of carboxylic acids is 1. The van der Waals surface area contributed by atoms with Crippen molar-refractivity contribution in [1.29, 1.82) is 0 Å². The molecular weight excluding hydrogens is 454 g/mol. The van der Waals surface area contributed by atoms with E-state index in [0.29, 0.717) is 23.7 Å². The smallest absolute Gasteiger partial charge is 0.335 e. The molecule has 32 heavy (non-hydrogen) atoms. The van der Waals surface area contributed by atoms with Gasteiger partial charge in [-0.05, 0) is 60.2 Å². The number of benzene rings is 2. The fraction of sp³-hybridized carbons (Fsp3) is 0.174. The summed E-state index contributed by atoms with van der Waals surface area (Å²) < 4.78 is 11.5. The summed E-state index contributed by atoms with van der Waals surface area (Å²) >= 11 is 7.23. The number of carbonyl (C=O) groups is 3. The lowest BCUT2D eigenvalue weighted by Gasteiger charge is -2.15. The number of hydrogen-bond donors (Lipinski definition) is 1. The normalized spacial score (nSPS) is 14.5. The average molecular weight is 472 g/mol. The van der Waals surface area contributed by atoms with Gasteiger partial charge in [0.1, 0.15) is 6.61 Å². The minimum atomic E-state index is -1.01. The maximum Gasteiger partial charge on any atom is 0.335 e. The van der Waals surface area contributed by atoms with Crippen LogP contribution in [0.1, 0.15) is 28.4 Å². The van der Waals surface area contributed by atoms with E-state index < -0.39 is 17.1 Å². The Kier molecular flexibility index (Phi) is 7.46. The number of amides is 2. The minimum Gasteiger partial charge on any atom is -0.490 e. The molecule has 2 aromatic carbocycles. The van der Waals surface area contributed by atoms with Gasteiger partial charge in [-0.15, -0.1) is 6.42 Å². The standard InChI is InChI=1S/C23H18ClNO6S/c1-3-9-25-21(26)19(32-23(25)29)12-15-10-17(24)20(18(11-15)30-4-2)31-13-14-5-7-16(8-6-14)22(27)28/h1,5-8,10-12H,4,9,13H2,2H3,(H,27,28)/b19-12-. The first-order chi connectivity index (χ1) is 15.3. The number of halogens is 1. The lowest BCUT2D eigenvalue weighted by molar-refractivity contribution is -0.122. The van der Waals surface area contributed by atoms with Crippen LogP contribution in [-0.4, -0.2) is 40.3 Å². The third-order valence-electron chi connectivity index (χ3n) is 4.34.